The molecule has 48 heavy (non-hydrogen) atoms. The van der Waals surface area contributed by atoms with Crippen molar-refractivity contribution >= 4 is 21.8 Å². The van der Waals surface area contributed by atoms with Crippen LogP contribution >= 0.6 is 0 Å². The maximum atomic E-state index is 9.78. The second-order valence-corrected chi connectivity index (χ2v) is 12.3. The van der Waals surface area contributed by atoms with Crippen LogP contribution in [-0.4, -0.2) is 4.57 Å². The highest BCUT2D eigenvalue weighted by Crippen LogP contribution is 2.51. The Balaban J connectivity index is 1.37. The van der Waals surface area contributed by atoms with Crippen molar-refractivity contribution in [1.29, 1.82) is 10.5 Å². The molecule has 0 spiro atoms. The Morgan fingerprint density at radius 3 is 1.54 bits per heavy atom. The van der Waals surface area contributed by atoms with Gasteiger partial charge >= 0.3 is 0 Å². The zero-order valence-corrected chi connectivity index (χ0v) is 25.9. The van der Waals surface area contributed by atoms with E-state index >= 15 is 0 Å². The summed E-state index contributed by atoms with van der Waals surface area (Å²) >= 11 is 0. The lowest BCUT2D eigenvalue weighted by atomic mass is 9.83. The Morgan fingerprint density at radius 2 is 0.917 bits per heavy atom. The zero-order chi connectivity index (χ0) is 32.2. The second-order valence-electron chi connectivity index (χ2n) is 12.3. The lowest BCUT2D eigenvalue weighted by Crippen LogP contribution is -2.05. The molecular weight excluding hydrogens is 583 g/mol. The minimum Gasteiger partial charge on any atom is -0.308 e. The molecule has 0 saturated carbocycles. The Hall–Kier alpha value is -6.68. The molecule has 0 atom stereocenters. The fraction of sp³-hybridized carbons (Fsp3) is 0.0222. The van der Waals surface area contributed by atoms with Crippen LogP contribution in [0.15, 0.2) is 158 Å². The van der Waals surface area contributed by atoms with Crippen LogP contribution in [0.3, 0.4) is 0 Å². The first-order valence-electron chi connectivity index (χ1n) is 16.1. The van der Waals surface area contributed by atoms with E-state index in [4.69, 9.17) is 0 Å². The minimum absolute atomic E-state index is 0.0712. The van der Waals surface area contributed by atoms with Gasteiger partial charge in [0.25, 0.3) is 0 Å². The Labute approximate surface area is 278 Å². The maximum absolute atomic E-state index is 9.78. The van der Waals surface area contributed by atoms with Gasteiger partial charge in [-0.05, 0) is 75.3 Å². The molecule has 7 aromatic carbocycles. The fourth-order valence-corrected chi connectivity index (χ4v) is 7.73. The second kappa shape index (κ2) is 11.0. The number of aromatic nitrogens is 1. The maximum Gasteiger partial charge on any atom is 0.0991 e. The first-order chi connectivity index (χ1) is 23.7. The third-order valence-electron chi connectivity index (χ3n) is 9.76. The SMILES string of the molecule is N#Cc1ccc2c(c1)-c1cc(C#N)ccc1C2c1ccccc1-c1cccc(-c2ccccc2)c1-n1c2ccccc2c2ccccc21. The predicted octanol–water partition coefficient (Wildman–Crippen LogP) is 11.0. The van der Waals surface area contributed by atoms with Crippen LogP contribution in [0.4, 0.5) is 0 Å². The van der Waals surface area contributed by atoms with Gasteiger partial charge in [0.05, 0.1) is 40.0 Å². The van der Waals surface area contributed by atoms with Crippen LogP contribution in [0.1, 0.15) is 33.7 Å². The number of fused-ring (bicyclic) bond motifs is 6. The summed E-state index contributed by atoms with van der Waals surface area (Å²) in [5.41, 5.74) is 14.7. The van der Waals surface area contributed by atoms with Gasteiger partial charge in [-0.15, -0.1) is 0 Å². The van der Waals surface area contributed by atoms with E-state index in [1.165, 1.54) is 16.3 Å². The van der Waals surface area contributed by atoms with Gasteiger partial charge in [-0.25, -0.2) is 0 Å². The highest BCUT2D eigenvalue weighted by atomic mass is 15.0. The highest BCUT2D eigenvalue weighted by molar-refractivity contribution is 6.10. The molecule has 1 aliphatic rings. The molecule has 3 nitrogen and oxygen atoms in total. The van der Waals surface area contributed by atoms with Crippen molar-refractivity contribution in [3.05, 3.63) is 186 Å². The van der Waals surface area contributed by atoms with Crippen LogP contribution in [0.25, 0.3) is 60.9 Å². The molecule has 1 aliphatic carbocycles. The van der Waals surface area contributed by atoms with Crippen molar-refractivity contribution in [3.8, 4) is 51.2 Å². The average Bonchev–Trinajstić information content (AvgIpc) is 3.66. The summed E-state index contributed by atoms with van der Waals surface area (Å²) in [6, 6.07) is 59.9. The topological polar surface area (TPSA) is 52.5 Å². The predicted molar refractivity (Wildman–Crippen MR) is 194 cm³/mol. The van der Waals surface area contributed by atoms with Gasteiger partial charge in [-0.2, -0.15) is 10.5 Å². The third-order valence-corrected chi connectivity index (χ3v) is 9.76. The summed E-state index contributed by atoms with van der Waals surface area (Å²) in [5, 5.41) is 22.0. The van der Waals surface area contributed by atoms with Crippen molar-refractivity contribution in [2.24, 2.45) is 0 Å². The van der Waals surface area contributed by atoms with Gasteiger partial charge in [-0.1, -0.05) is 121 Å². The summed E-state index contributed by atoms with van der Waals surface area (Å²) < 4.78 is 2.44. The van der Waals surface area contributed by atoms with Crippen molar-refractivity contribution in [2.45, 2.75) is 5.92 Å². The number of benzene rings is 7. The van der Waals surface area contributed by atoms with Crippen LogP contribution in [0.2, 0.25) is 0 Å². The monoisotopic (exact) mass is 609 g/mol. The van der Waals surface area contributed by atoms with Gasteiger partial charge in [0.1, 0.15) is 0 Å². The van der Waals surface area contributed by atoms with Crippen LogP contribution in [0.5, 0.6) is 0 Å². The van der Waals surface area contributed by atoms with Gasteiger partial charge in [0.2, 0.25) is 0 Å². The first kappa shape index (κ1) is 27.6. The Kier molecular flexibility index (Phi) is 6.32. The van der Waals surface area contributed by atoms with Crippen LogP contribution in [-0.2, 0) is 0 Å². The highest BCUT2D eigenvalue weighted by Gasteiger charge is 2.33. The number of para-hydroxylation sites is 3. The van der Waals surface area contributed by atoms with E-state index in [1.807, 2.05) is 24.3 Å². The van der Waals surface area contributed by atoms with Gasteiger partial charge in [0.15, 0.2) is 0 Å². The van der Waals surface area contributed by atoms with E-state index in [1.54, 1.807) is 0 Å². The molecule has 0 fully saturated rings. The van der Waals surface area contributed by atoms with E-state index in [9.17, 15) is 10.5 Å². The van der Waals surface area contributed by atoms with Crippen LogP contribution in [0, 0.1) is 22.7 Å². The molecule has 3 heteroatoms. The van der Waals surface area contributed by atoms with Crippen molar-refractivity contribution in [3.63, 3.8) is 0 Å². The van der Waals surface area contributed by atoms with Crippen molar-refractivity contribution in [2.75, 3.05) is 0 Å². The van der Waals surface area contributed by atoms with Crippen molar-refractivity contribution in [1.82, 2.24) is 4.57 Å². The molecule has 8 aromatic rings. The van der Waals surface area contributed by atoms with Crippen LogP contribution < -0.4 is 0 Å². The van der Waals surface area contributed by atoms with E-state index in [0.717, 1.165) is 61.2 Å². The summed E-state index contributed by atoms with van der Waals surface area (Å²) in [7, 11) is 0. The summed E-state index contributed by atoms with van der Waals surface area (Å²) in [5.74, 6) is -0.0712. The number of hydrogen-bond donors (Lipinski definition) is 0. The molecular formula is C45H27N3. The molecule has 0 amide bonds. The number of nitriles is 2. The molecule has 0 saturated heterocycles. The molecule has 0 unspecified atom stereocenters. The minimum atomic E-state index is -0.0712. The zero-order valence-electron chi connectivity index (χ0n) is 25.9. The van der Waals surface area contributed by atoms with Crippen molar-refractivity contribution < 1.29 is 0 Å². The first-order valence-corrected chi connectivity index (χ1v) is 16.1. The normalized spacial score (nSPS) is 12.0. The van der Waals surface area contributed by atoms with Gasteiger partial charge in [0, 0.05) is 27.8 Å². The van der Waals surface area contributed by atoms with Gasteiger partial charge < -0.3 is 4.57 Å². The quantitative estimate of drug-likeness (QED) is 0.199. The summed E-state index contributed by atoms with van der Waals surface area (Å²) in [6.07, 6.45) is 0. The Bertz CT molecular complexity index is 2530. The Morgan fingerprint density at radius 1 is 0.417 bits per heavy atom. The molecule has 9 rings (SSSR count). The molecule has 1 aromatic heterocycles. The van der Waals surface area contributed by atoms with E-state index in [0.29, 0.717) is 11.1 Å². The average molecular weight is 610 g/mol. The largest absolute Gasteiger partial charge is 0.308 e. The molecule has 0 aliphatic heterocycles. The molecule has 222 valence electrons. The summed E-state index contributed by atoms with van der Waals surface area (Å²) in [6.45, 7) is 0. The third kappa shape index (κ3) is 4.12. The molecule has 0 bridgehead atoms. The lowest BCUT2D eigenvalue weighted by molar-refractivity contribution is 1.02. The molecule has 1 heterocycles. The van der Waals surface area contributed by atoms with E-state index in [2.05, 4.69) is 150 Å². The standard InChI is InChI=1S/C45H27N3/c46-27-29-21-23-37-40(25-29)41-26-30(28-47)22-24-38(41)44(37)36-16-5-4-13-33(36)39-18-10-17-32(31-11-2-1-3-12-31)45(39)48-42-19-8-6-14-34(42)35-15-7-9-20-43(35)48/h1-26,44H. The molecule has 0 radical (unpaired) electrons. The fourth-order valence-electron chi connectivity index (χ4n) is 7.73. The van der Waals surface area contributed by atoms with E-state index in [-0.39, 0.29) is 5.92 Å². The number of rotatable bonds is 4. The van der Waals surface area contributed by atoms with Gasteiger partial charge in [-0.3, -0.25) is 0 Å². The number of nitrogens with zero attached hydrogens (tertiary/aromatic N) is 3. The molecule has 0 N–H and O–H groups in total. The number of hydrogen-bond acceptors (Lipinski definition) is 2. The van der Waals surface area contributed by atoms with E-state index < -0.39 is 0 Å². The lowest BCUT2D eigenvalue weighted by Gasteiger charge is -2.23. The smallest absolute Gasteiger partial charge is 0.0991 e. The summed E-state index contributed by atoms with van der Waals surface area (Å²) in [4.78, 5) is 0.